The number of hydrogen-bond donors (Lipinski definition) is 3. The Balaban J connectivity index is 1.45. The highest BCUT2D eigenvalue weighted by atomic mass is 16.3. The third kappa shape index (κ3) is 4.08. The van der Waals surface area contributed by atoms with Gasteiger partial charge >= 0.3 is 0 Å². The number of nitrogens with zero attached hydrogens (tertiary/aromatic N) is 5. The molecule has 0 aromatic carbocycles. The van der Waals surface area contributed by atoms with E-state index in [2.05, 4.69) is 37.1 Å². The number of nitrogens with one attached hydrogen (secondary N) is 1. The van der Waals surface area contributed by atoms with Crippen LogP contribution in [0.4, 0.5) is 17.3 Å². The van der Waals surface area contributed by atoms with E-state index < -0.39 is 5.91 Å². The average Bonchev–Trinajstić information content (AvgIpc) is 3.14. The predicted octanol–water partition coefficient (Wildman–Crippen LogP) is 2.69. The van der Waals surface area contributed by atoms with Crippen LogP contribution in [0.5, 0.6) is 0 Å². The largest absolute Gasteiger partial charge is 0.438 e. The minimum absolute atomic E-state index is 0.00415. The summed E-state index contributed by atoms with van der Waals surface area (Å²) in [5.74, 6) is 0.0287. The summed E-state index contributed by atoms with van der Waals surface area (Å²) in [7, 11) is 0. The molecule has 33 heavy (non-hydrogen) atoms. The Morgan fingerprint density at radius 3 is 2.76 bits per heavy atom. The molecule has 4 aromatic rings. The smallest absolute Gasteiger partial charge is 0.263 e. The molecule has 1 fully saturated rings. The monoisotopic (exact) mass is 444 g/mol. The zero-order valence-electron chi connectivity index (χ0n) is 18.1. The first-order valence-electron chi connectivity index (χ1n) is 10.7. The first kappa shape index (κ1) is 20.8. The van der Waals surface area contributed by atoms with Crippen LogP contribution < -0.4 is 21.7 Å². The van der Waals surface area contributed by atoms with E-state index in [1.807, 2.05) is 6.07 Å². The number of fused-ring (bicyclic) bond motifs is 1. The van der Waals surface area contributed by atoms with Gasteiger partial charge in [0.15, 0.2) is 5.58 Å². The second kappa shape index (κ2) is 8.47. The van der Waals surface area contributed by atoms with Gasteiger partial charge in [0, 0.05) is 55.0 Å². The van der Waals surface area contributed by atoms with Crippen molar-refractivity contribution < 1.29 is 9.21 Å². The summed E-state index contributed by atoms with van der Waals surface area (Å²) in [5.41, 5.74) is 16.3. The van der Waals surface area contributed by atoms with Crippen LogP contribution in [0.2, 0.25) is 0 Å². The van der Waals surface area contributed by atoms with E-state index in [0.29, 0.717) is 29.2 Å². The molecule has 0 radical (unpaired) electrons. The molecule has 2 atom stereocenters. The summed E-state index contributed by atoms with van der Waals surface area (Å²) in [6.45, 7) is 3.73. The summed E-state index contributed by atoms with van der Waals surface area (Å²) in [6, 6.07) is 3.72. The van der Waals surface area contributed by atoms with Crippen LogP contribution in [0, 0.1) is 5.92 Å². The number of pyridine rings is 2. The molecule has 10 nitrogen and oxygen atoms in total. The molecule has 0 aliphatic carbocycles. The van der Waals surface area contributed by atoms with Gasteiger partial charge in [-0.2, -0.15) is 0 Å². The number of aromatic nitrogens is 4. The van der Waals surface area contributed by atoms with Gasteiger partial charge < -0.3 is 26.1 Å². The van der Waals surface area contributed by atoms with E-state index in [0.717, 1.165) is 29.8 Å². The van der Waals surface area contributed by atoms with Gasteiger partial charge in [0.1, 0.15) is 17.4 Å². The number of carbonyl (C=O) groups excluding carboxylic acids is 1. The first-order valence-corrected chi connectivity index (χ1v) is 10.7. The van der Waals surface area contributed by atoms with Gasteiger partial charge in [0.05, 0.1) is 17.6 Å². The average molecular weight is 444 g/mol. The van der Waals surface area contributed by atoms with Gasteiger partial charge in [-0.15, -0.1) is 0 Å². The van der Waals surface area contributed by atoms with E-state index in [1.165, 1.54) is 6.33 Å². The number of amides is 1. The van der Waals surface area contributed by atoms with Gasteiger partial charge in [-0.1, -0.05) is 6.92 Å². The number of hydrogen-bond acceptors (Lipinski definition) is 9. The Morgan fingerprint density at radius 1 is 1.15 bits per heavy atom. The Morgan fingerprint density at radius 2 is 1.97 bits per heavy atom. The second-order valence-corrected chi connectivity index (χ2v) is 8.39. The molecule has 1 saturated heterocycles. The van der Waals surface area contributed by atoms with Crippen LogP contribution in [-0.4, -0.2) is 45.0 Å². The molecule has 1 aliphatic rings. The number of furan rings is 1. The number of nitrogens with two attached hydrogens (primary N) is 2. The molecule has 2 unspecified atom stereocenters. The quantitative estimate of drug-likeness (QED) is 0.432. The van der Waals surface area contributed by atoms with E-state index in [4.69, 9.17) is 15.9 Å². The maximum absolute atomic E-state index is 13.2. The summed E-state index contributed by atoms with van der Waals surface area (Å²) >= 11 is 0. The van der Waals surface area contributed by atoms with E-state index in [1.54, 1.807) is 37.1 Å². The topological polar surface area (TPSA) is 149 Å². The van der Waals surface area contributed by atoms with Crippen molar-refractivity contribution in [3.8, 4) is 11.1 Å². The zero-order chi connectivity index (χ0) is 22.9. The second-order valence-electron chi connectivity index (χ2n) is 8.39. The summed E-state index contributed by atoms with van der Waals surface area (Å²) in [6.07, 6.45) is 10.7. The van der Waals surface area contributed by atoms with Crippen LogP contribution >= 0.6 is 0 Å². The molecule has 0 spiro atoms. The van der Waals surface area contributed by atoms with Crippen LogP contribution in [0.1, 0.15) is 23.7 Å². The lowest BCUT2D eigenvalue weighted by atomic mass is 9.96. The first-order chi connectivity index (χ1) is 16.0. The Kier molecular flexibility index (Phi) is 5.35. The van der Waals surface area contributed by atoms with Crippen molar-refractivity contribution in [1.29, 1.82) is 0 Å². The summed E-state index contributed by atoms with van der Waals surface area (Å²) in [5, 5.41) is 2.94. The molecule has 5 N–H and O–H groups in total. The van der Waals surface area contributed by atoms with Crippen LogP contribution in [0.3, 0.4) is 0 Å². The molecule has 0 bridgehead atoms. The molecule has 5 heterocycles. The number of nitrogen functional groups attached to an aromatic ring is 1. The van der Waals surface area contributed by atoms with Crippen LogP contribution in [0.15, 0.2) is 53.9 Å². The minimum atomic E-state index is -0.418. The highest BCUT2D eigenvalue weighted by Crippen LogP contribution is 2.33. The van der Waals surface area contributed by atoms with Crippen LogP contribution in [0.25, 0.3) is 22.2 Å². The number of rotatable bonds is 4. The third-order valence-corrected chi connectivity index (χ3v) is 5.76. The molecule has 10 heteroatoms. The van der Waals surface area contributed by atoms with Crippen molar-refractivity contribution in [1.82, 2.24) is 19.9 Å². The lowest BCUT2D eigenvalue weighted by Crippen LogP contribution is -2.46. The van der Waals surface area contributed by atoms with E-state index >= 15 is 0 Å². The number of piperidine rings is 1. The fourth-order valence-corrected chi connectivity index (χ4v) is 4.36. The Bertz CT molecular complexity index is 1300. The molecule has 1 aliphatic heterocycles. The highest BCUT2D eigenvalue weighted by Gasteiger charge is 2.26. The van der Waals surface area contributed by atoms with E-state index in [-0.39, 0.29) is 17.5 Å². The van der Waals surface area contributed by atoms with Gasteiger partial charge in [0.2, 0.25) is 5.88 Å². The van der Waals surface area contributed by atoms with Crippen LogP contribution in [-0.2, 0) is 0 Å². The summed E-state index contributed by atoms with van der Waals surface area (Å²) in [4.78, 5) is 32.1. The van der Waals surface area contributed by atoms with Gasteiger partial charge in [-0.25, -0.2) is 9.97 Å². The fraction of sp³-hybridized carbons (Fsp3) is 0.261. The normalized spacial score (nSPS) is 18.4. The van der Waals surface area contributed by atoms with Crippen molar-refractivity contribution >= 4 is 34.3 Å². The fourth-order valence-electron chi connectivity index (χ4n) is 4.36. The van der Waals surface area contributed by atoms with Gasteiger partial charge in [-0.05, 0) is 24.5 Å². The maximum atomic E-state index is 13.2. The van der Waals surface area contributed by atoms with E-state index in [9.17, 15) is 4.79 Å². The standard InChI is InChI=1S/C23H24N8O2/c1-13-4-16(24)11-31(10-13)18-2-3-26-9-17(18)30-23(32)20-21-19(33-22(20)25)5-14(8-29-21)15-6-27-12-28-7-15/h2-3,5-9,12-13,16H,4,10-11,24-25H2,1H3,(H,30,32). The predicted molar refractivity (Wildman–Crippen MR) is 126 cm³/mol. The highest BCUT2D eigenvalue weighted by molar-refractivity contribution is 6.15. The summed E-state index contributed by atoms with van der Waals surface area (Å²) < 4.78 is 5.67. The van der Waals surface area contributed by atoms with Crippen molar-refractivity contribution in [2.24, 2.45) is 11.7 Å². The molecular formula is C23H24N8O2. The Hall–Kier alpha value is -4.05. The number of carbonyl (C=O) groups is 1. The molecular weight excluding hydrogens is 420 g/mol. The zero-order valence-corrected chi connectivity index (χ0v) is 18.1. The molecule has 0 saturated carbocycles. The van der Waals surface area contributed by atoms with Gasteiger partial charge in [0.25, 0.3) is 5.91 Å². The van der Waals surface area contributed by atoms with Crippen molar-refractivity contribution in [3.05, 3.63) is 55.0 Å². The lowest BCUT2D eigenvalue weighted by molar-refractivity contribution is 0.102. The molecule has 4 aromatic heterocycles. The van der Waals surface area contributed by atoms with Crippen molar-refractivity contribution in [2.75, 3.05) is 29.0 Å². The molecule has 168 valence electrons. The number of anilines is 3. The minimum Gasteiger partial charge on any atom is -0.438 e. The third-order valence-electron chi connectivity index (χ3n) is 5.76. The van der Waals surface area contributed by atoms with Gasteiger partial charge in [-0.3, -0.25) is 14.8 Å². The molecule has 5 rings (SSSR count). The molecule has 1 amide bonds. The SMILES string of the molecule is CC1CC(N)CN(c2ccncc2NC(=O)c2c(N)oc3cc(-c4cncnc4)cnc23)C1. The lowest BCUT2D eigenvalue weighted by Gasteiger charge is -2.37. The van der Waals surface area contributed by atoms with Crippen molar-refractivity contribution in [2.45, 2.75) is 19.4 Å². The Labute approximate surface area is 190 Å². The maximum Gasteiger partial charge on any atom is 0.263 e. The van der Waals surface area contributed by atoms with Crippen molar-refractivity contribution in [3.63, 3.8) is 0 Å².